The number of carbonyl (C=O) groups excluding carboxylic acids is 1. The third-order valence-corrected chi connectivity index (χ3v) is 2.42. The highest BCUT2D eigenvalue weighted by Gasteiger charge is 2.47. The first-order valence-corrected chi connectivity index (χ1v) is 4.37. The molecule has 5 nitrogen and oxygen atoms in total. The van der Waals surface area contributed by atoms with Crippen molar-refractivity contribution >= 4 is 5.91 Å². The van der Waals surface area contributed by atoms with Crippen LogP contribution in [0.3, 0.4) is 0 Å². The zero-order valence-electron chi connectivity index (χ0n) is 7.40. The largest absolute Gasteiger partial charge is 0.388 e. The number of hydrogen-bond donors (Lipinski definition) is 2. The predicted molar refractivity (Wildman–Crippen MR) is 43.1 cm³/mol. The summed E-state index contributed by atoms with van der Waals surface area (Å²) in [4.78, 5) is 10.8. The molecule has 2 N–H and O–H groups in total. The van der Waals surface area contributed by atoms with Crippen LogP contribution in [-0.2, 0) is 14.3 Å². The summed E-state index contributed by atoms with van der Waals surface area (Å²) < 4.78 is 10.6. The van der Waals surface area contributed by atoms with Crippen LogP contribution in [0.4, 0.5) is 0 Å². The lowest BCUT2D eigenvalue weighted by molar-refractivity contribution is -0.120. The van der Waals surface area contributed by atoms with E-state index in [1.54, 1.807) is 0 Å². The Labute approximate surface area is 76.0 Å². The van der Waals surface area contributed by atoms with Gasteiger partial charge < -0.3 is 19.9 Å². The number of fused-ring (bicyclic) bond motifs is 1. The third-order valence-electron chi connectivity index (χ3n) is 2.42. The van der Waals surface area contributed by atoms with Gasteiger partial charge in [0.15, 0.2) is 0 Å². The van der Waals surface area contributed by atoms with E-state index in [4.69, 9.17) is 9.47 Å². The minimum atomic E-state index is -0.552. The van der Waals surface area contributed by atoms with Gasteiger partial charge in [-0.1, -0.05) is 0 Å². The SMILES string of the molecule is CC(=O)N[C@@H]1COC2C1OC[C@H]2O. The molecule has 1 amide bonds. The molecule has 0 aromatic carbocycles. The number of aliphatic hydroxyl groups is 1. The van der Waals surface area contributed by atoms with Crippen molar-refractivity contribution < 1.29 is 19.4 Å². The van der Waals surface area contributed by atoms with Crippen molar-refractivity contribution in [2.45, 2.75) is 31.3 Å². The molecular weight excluding hydrogens is 174 g/mol. The van der Waals surface area contributed by atoms with E-state index in [-0.39, 0.29) is 24.2 Å². The monoisotopic (exact) mass is 187 g/mol. The first-order valence-electron chi connectivity index (χ1n) is 4.37. The molecule has 13 heavy (non-hydrogen) atoms. The number of aliphatic hydroxyl groups excluding tert-OH is 1. The fourth-order valence-corrected chi connectivity index (χ4v) is 1.86. The molecule has 0 saturated carbocycles. The van der Waals surface area contributed by atoms with E-state index in [0.717, 1.165) is 0 Å². The van der Waals surface area contributed by atoms with Crippen molar-refractivity contribution in [3.05, 3.63) is 0 Å². The van der Waals surface area contributed by atoms with Gasteiger partial charge in [0, 0.05) is 6.92 Å². The summed E-state index contributed by atoms with van der Waals surface area (Å²) in [7, 11) is 0. The molecule has 0 aliphatic carbocycles. The first kappa shape index (κ1) is 8.93. The maximum atomic E-state index is 10.8. The summed E-state index contributed by atoms with van der Waals surface area (Å²) in [6.07, 6.45) is -1.00. The Bertz CT molecular complexity index is 220. The topological polar surface area (TPSA) is 67.8 Å². The van der Waals surface area contributed by atoms with Crippen LogP contribution in [0.25, 0.3) is 0 Å². The molecular formula is C8H13NO4. The molecule has 2 heterocycles. The molecule has 4 atom stereocenters. The van der Waals surface area contributed by atoms with E-state index in [0.29, 0.717) is 13.2 Å². The molecule has 74 valence electrons. The first-order chi connectivity index (χ1) is 6.18. The van der Waals surface area contributed by atoms with Crippen molar-refractivity contribution in [1.29, 1.82) is 0 Å². The van der Waals surface area contributed by atoms with Crippen molar-refractivity contribution in [3.63, 3.8) is 0 Å². The minimum absolute atomic E-state index is 0.0979. The molecule has 2 rings (SSSR count). The molecule has 2 aliphatic heterocycles. The van der Waals surface area contributed by atoms with Crippen LogP contribution in [0.1, 0.15) is 6.92 Å². The van der Waals surface area contributed by atoms with Gasteiger partial charge in [0.05, 0.1) is 19.3 Å². The third kappa shape index (κ3) is 1.54. The van der Waals surface area contributed by atoms with E-state index in [9.17, 15) is 9.90 Å². The maximum Gasteiger partial charge on any atom is 0.217 e. The number of rotatable bonds is 1. The van der Waals surface area contributed by atoms with Gasteiger partial charge in [0.2, 0.25) is 5.91 Å². The van der Waals surface area contributed by atoms with Gasteiger partial charge in [0.25, 0.3) is 0 Å². The van der Waals surface area contributed by atoms with Gasteiger partial charge in [-0.15, -0.1) is 0 Å². The van der Waals surface area contributed by atoms with Crippen LogP contribution in [0.2, 0.25) is 0 Å². The van der Waals surface area contributed by atoms with E-state index in [1.807, 2.05) is 0 Å². The van der Waals surface area contributed by atoms with Crippen LogP contribution in [0.5, 0.6) is 0 Å². The summed E-state index contributed by atoms with van der Waals surface area (Å²) >= 11 is 0. The van der Waals surface area contributed by atoms with Crippen molar-refractivity contribution in [2.75, 3.05) is 13.2 Å². The van der Waals surface area contributed by atoms with E-state index >= 15 is 0 Å². The number of amides is 1. The lowest BCUT2D eigenvalue weighted by Crippen LogP contribution is -2.43. The van der Waals surface area contributed by atoms with Crippen molar-refractivity contribution in [2.24, 2.45) is 0 Å². The van der Waals surface area contributed by atoms with Gasteiger partial charge in [-0.2, -0.15) is 0 Å². The lowest BCUT2D eigenvalue weighted by atomic mass is 10.1. The molecule has 0 aromatic rings. The summed E-state index contributed by atoms with van der Waals surface area (Å²) in [5.41, 5.74) is 0. The minimum Gasteiger partial charge on any atom is -0.388 e. The van der Waals surface area contributed by atoms with E-state index < -0.39 is 6.10 Å². The lowest BCUT2D eigenvalue weighted by Gasteiger charge is -2.15. The molecule has 0 radical (unpaired) electrons. The Morgan fingerprint density at radius 3 is 2.77 bits per heavy atom. The van der Waals surface area contributed by atoms with Gasteiger partial charge in [-0.25, -0.2) is 0 Å². The van der Waals surface area contributed by atoms with Crippen molar-refractivity contribution in [1.82, 2.24) is 5.32 Å². The Hall–Kier alpha value is -0.650. The Morgan fingerprint density at radius 1 is 1.38 bits per heavy atom. The molecule has 0 spiro atoms. The van der Waals surface area contributed by atoms with Crippen molar-refractivity contribution in [3.8, 4) is 0 Å². The second kappa shape index (κ2) is 3.25. The fourth-order valence-electron chi connectivity index (χ4n) is 1.86. The van der Waals surface area contributed by atoms with E-state index in [1.165, 1.54) is 6.92 Å². The van der Waals surface area contributed by atoms with Crippen LogP contribution < -0.4 is 5.32 Å². The Balaban J connectivity index is 1.98. The smallest absolute Gasteiger partial charge is 0.217 e. The average Bonchev–Trinajstić information content (AvgIpc) is 2.56. The maximum absolute atomic E-state index is 10.8. The Morgan fingerprint density at radius 2 is 2.08 bits per heavy atom. The summed E-state index contributed by atoms with van der Waals surface area (Å²) in [5, 5.41) is 12.1. The highest BCUT2D eigenvalue weighted by atomic mass is 16.6. The molecule has 5 heteroatoms. The second-order valence-electron chi connectivity index (χ2n) is 3.47. The highest BCUT2D eigenvalue weighted by molar-refractivity contribution is 5.73. The number of hydrogen-bond acceptors (Lipinski definition) is 4. The molecule has 0 aromatic heterocycles. The number of nitrogens with one attached hydrogen (secondary N) is 1. The molecule has 2 unspecified atom stereocenters. The summed E-state index contributed by atoms with van der Waals surface area (Å²) in [5.74, 6) is -0.0979. The quantitative estimate of drug-likeness (QED) is 0.532. The van der Waals surface area contributed by atoms with E-state index in [2.05, 4.69) is 5.32 Å². The van der Waals surface area contributed by atoms with Gasteiger partial charge in [-0.05, 0) is 0 Å². The molecule has 2 aliphatic rings. The Kier molecular flexibility index (Phi) is 2.23. The zero-order valence-corrected chi connectivity index (χ0v) is 7.40. The van der Waals surface area contributed by atoms with Crippen LogP contribution >= 0.6 is 0 Å². The fraction of sp³-hybridized carbons (Fsp3) is 0.875. The number of carbonyl (C=O) groups is 1. The predicted octanol–water partition coefficient (Wildman–Crippen LogP) is -1.35. The molecule has 2 fully saturated rings. The van der Waals surface area contributed by atoms with Crippen LogP contribution in [-0.4, -0.2) is 48.6 Å². The van der Waals surface area contributed by atoms with Crippen LogP contribution in [0, 0.1) is 0 Å². The van der Waals surface area contributed by atoms with Gasteiger partial charge >= 0.3 is 0 Å². The second-order valence-corrected chi connectivity index (χ2v) is 3.47. The average molecular weight is 187 g/mol. The highest BCUT2D eigenvalue weighted by Crippen LogP contribution is 2.26. The summed E-state index contributed by atoms with van der Waals surface area (Å²) in [6, 6.07) is -0.111. The van der Waals surface area contributed by atoms with Crippen LogP contribution in [0.15, 0.2) is 0 Å². The normalized spacial score (nSPS) is 43.2. The summed E-state index contributed by atoms with van der Waals surface area (Å²) in [6.45, 7) is 2.18. The standard InChI is InChI=1S/C8H13NO4/c1-4(10)9-5-2-12-8-6(11)3-13-7(5)8/h5-8,11H,2-3H2,1H3,(H,9,10)/t5-,6-,7?,8?/m1/s1. The molecule has 2 saturated heterocycles. The van der Waals surface area contributed by atoms with Gasteiger partial charge in [-0.3, -0.25) is 4.79 Å². The zero-order chi connectivity index (χ0) is 9.42. The van der Waals surface area contributed by atoms with Gasteiger partial charge in [0.1, 0.15) is 18.3 Å². The molecule has 0 bridgehead atoms. The number of ether oxygens (including phenoxy) is 2.